The van der Waals surface area contributed by atoms with Crippen LogP contribution in [0.4, 0.5) is 5.95 Å². The SMILES string of the molecule is COCC1CN(c2ncccn2)CC2(CCN(C(=O)c3ccc(C4(O)CCCC4)c(C)c3)CC2)O1. The number of nitrogens with zero attached hydrogens (tertiary/aromatic N) is 4. The van der Waals surface area contributed by atoms with Gasteiger partial charge in [0.1, 0.15) is 0 Å². The van der Waals surface area contributed by atoms with Gasteiger partial charge in [-0.2, -0.15) is 0 Å². The summed E-state index contributed by atoms with van der Waals surface area (Å²) in [7, 11) is 1.69. The Bertz CT molecular complexity index is 1030. The molecule has 0 bridgehead atoms. The molecule has 2 saturated heterocycles. The van der Waals surface area contributed by atoms with Crippen LogP contribution in [0, 0.1) is 6.92 Å². The highest BCUT2D eigenvalue weighted by Crippen LogP contribution is 2.40. The molecule has 1 spiro atoms. The second-order valence-corrected chi connectivity index (χ2v) is 10.4. The lowest BCUT2D eigenvalue weighted by atomic mass is 9.87. The number of likely N-dealkylation sites (tertiary alicyclic amines) is 1. The minimum absolute atomic E-state index is 0.0420. The van der Waals surface area contributed by atoms with Gasteiger partial charge in [-0.05, 0) is 61.9 Å². The fourth-order valence-electron chi connectivity index (χ4n) is 6.09. The molecule has 3 fully saturated rings. The number of morpholine rings is 1. The third-order valence-electron chi connectivity index (χ3n) is 7.87. The first kappa shape index (κ1) is 24.2. The molecular weight excluding hydrogens is 444 g/mol. The Morgan fingerprint density at radius 2 is 1.89 bits per heavy atom. The highest BCUT2D eigenvalue weighted by Gasteiger charge is 2.44. The van der Waals surface area contributed by atoms with E-state index in [2.05, 4.69) is 14.9 Å². The molecule has 0 radical (unpaired) electrons. The van der Waals surface area contributed by atoms with Crippen LogP contribution >= 0.6 is 0 Å². The number of aliphatic hydroxyl groups is 1. The predicted molar refractivity (Wildman–Crippen MR) is 132 cm³/mol. The maximum absolute atomic E-state index is 13.4. The van der Waals surface area contributed by atoms with Crippen LogP contribution in [0.5, 0.6) is 0 Å². The van der Waals surface area contributed by atoms with Gasteiger partial charge in [-0.15, -0.1) is 0 Å². The smallest absolute Gasteiger partial charge is 0.253 e. The van der Waals surface area contributed by atoms with Crippen LogP contribution in [0.3, 0.4) is 0 Å². The molecule has 3 heterocycles. The number of carbonyl (C=O) groups excluding carboxylic acids is 1. The van der Waals surface area contributed by atoms with E-state index in [0.717, 1.165) is 49.7 Å². The van der Waals surface area contributed by atoms with Crippen LogP contribution in [-0.4, -0.2) is 77.5 Å². The molecule has 8 heteroatoms. The molecule has 188 valence electrons. The summed E-state index contributed by atoms with van der Waals surface area (Å²) in [5.74, 6) is 0.745. The summed E-state index contributed by atoms with van der Waals surface area (Å²) >= 11 is 0. The van der Waals surface area contributed by atoms with Gasteiger partial charge in [0.15, 0.2) is 0 Å². The maximum atomic E-state index is 13.4. The van der Waals surface area contributed by atoms with Gasteiger partial charge in [-0.3, -0.25) is 4.79 Å². The van der Waals surface area contributed by atoms with Crippen molar-refractivity contribution in [2.75, 3.05) is 44.8 Å². The van der Waals surface area contributed by atoms with E-state index < -0.39 is 5.60 Å². The summed E-state index contributed by atoms with van der Waals surface area (Å²) in [6, 6.07) is 7.60. The van der Waals surface area contributed by atoms with E-state index in [-0.39, 0.29) is 17.6 Å². The quantitative estimate of drug-likeness (QED) is 0.704. The molecule has 8 nitrogen and oxygen atoms in total. The Hall–Kier alpha value is -2.55. The number of piperidine rings is 1. The zero-order valence-electron chi connectivity index (χ0n) is 20.8. The van der Waals surface area contributed by atoms with Crippen molar-refractivity contribution >= 4 is 11.9 Å². The number of anilines is 1. The van der Waals surface area contributed by atoms with E-state index in [1.807, 2.05) is 36.1 Å². The number of ether oxygens (including phenoxy) is 2. The van der Waals surface area contributed by atoms with Crippen LogP contribution in [0.1, 0.15) is 60.0 Å². The Kier molecular flexibility index (Phi) is 6.79. The van der Waals surface area contributed by atoms with Crippen molar-refractivity contribution in [3.8, 4) is 0 Å². The zero-order valence-corrected chi connectivity index (χ0v) is 20.8. The first-order valence-electron chi connectivity index (χ1n) is 12.7. The van der Waals surface area contributed by atoms with E-state index in [9.17, 15) is 9.90 Å². The van der Waals surface area contributed by atoms with E-state index in [0.29, 0.717) is 44.3 Å². The number of hydrogen-bond donors (Lipinski definition) is 1. The van der Waals surface area contributed by atoms with Gasteiger partial charge in [0.05, 0.1) is 30.5 Å². The summed E-state index contributed by atoms with van der Waals surface area (Å²) in [4.78, 5) is 26.4. The normalized spacial score (nSPS) is 23.6. The van der Waals surface area contributed by atoms with Crippen LogP contribution in [0.15, 0.2) is 36.7 Å². The number of aromatic nitrogens is 2. The molecule has 1 aromatic heterocycles. The van der Waals surface area contributed by atoms with E-state index >= 15 is 0 Å². The Balaban J connectivity index is 1.27. The molecule has 1 aromatic carbocycles. The molecule has 1 aliphatic carbocycles. The van der Waals surface area contributed by atoms with Crippen LogP contribution in [0.2, 0.25) is 0 Å². The molecule has 1 unspecified atom stereocenters. The number of hydrogen-bond acceptors (Lipinski definition) is 7. The second-order valence-electron chi connectivity index (χ2n) is 10.4. The van der Waals surface area contributed by atoms with Gasteiger partial charge in [-0.25, -0.2) is 9.97 Å². The molecule has 1 amide bonds. The molecule has 1 N–H and O–H groups in total. The van der Waals surface area contributed by atoms with Gasteiger partial charge in [0.25, 0.3) is 5.91 Å². The maximum Gasteiger partial charge on any atom is 0.253 e. The third kappa shape index (κ3) is 4.92. The number of aryl methyl sites for hydroxylation is 1. The molecule has 2 aromatic rings. The van der Waals surface area contributed by atoms with Gasteiger partial charge in [-0.1, -0.05) is 18.9 Å². The molecule has 3 aliphatic rings. The highest BCUT2D eigenvalue weighted by molar-refractivity contribution is 5.94. The van der Waals surface area contributed by atoms with Crippen molar-refractivity contribution in [2.24, 2.45) is 0 Å². The lowest BCUT2D eigenvalue weighted by molar-refractivity contribution is -0.145. The minimum Gasteiger partial charge on any atom is -0.385 e. The standard InChI is InChI=1S/C27H36N4O4/c1-20-16-21(6-7-23(20)27(33)8-3-4-9-27)24(32)30-14-10-26(11-15-30)19-31(17-22(35-26)18-34-2)25-28-12-5-13-29-25/h5-7,12-13,16,22,33H,3-4,8-11,14-15,17-19H2,1-2H3. The van der Waals surface area contributed by atoms with Gasteiger partial charge < -0.3 is 24.4 Å². The first-order chi connectivity index (χ1) is 16.9. The van der Waals surface area contributed by atoms with Gasteiger partial charge >= 0.3 is 0 Å². The third-order valence-corrected chi connectivity index (χ3v) is 7.87. The van der Waals surface area contributed by atoms with Crippen molar-refractivity contribution in [3.05, 3.63) is 53.3 Å². The minimum atomic E-state index is -0.741. The lowest BCUT2D eigenvalue weighted by Crippen LogP contribution is -2.61. The summed E-state index contributed by atoms with van der Waals surface area (Å²) in [6.45, 7) is 5.15. The number of carbonyl (C=O) groups is 1. The topological polar surface area (TPSA) is 88.0 Å². The van der Waals surface area contributed by atoms with Crippen LogP contribution in [-0.2, 0) is 15.1 Å². The molecule has 1 saturated carbocycles. The highest BCUT2D eigenvalue weighted by atomic mass is 16.5. The molecule has 5 rings (SSSR count). The fraction of sp³-hybridized carbons (Fsp3) is 0.593. The van der Waals surface area contributed by atoms with Crippen LogP contribution in [0.25, 0.3) is 0 Å². The molecule has 2 aliphatic heterocycles. The largest absolute Gasteiger partial charge is 0.385 e. The molecule has 35 heavy (non-hydrogen) atoms. The summed E-state index contributed by atoms with van der Waals surface area (Å²) in [5, 5.41) is 11.0. The Morgan fingerprint density at radius 1 is 1.17 bits per heavy atom. The van der Waals surface area contributed by atoms with E-state index in [1.165, 1.54) is 0 Å². The van der Waals surface area contributed by atoms with E-state index in [4.69, 9.17) is 9.47 Å². The average molecular weight is 481 g/mol. The second kappa shape index (κ2) is 9.84. The van der Waals surface area contributed by atoms with Crippen molar-refractivity contribution in [1.82, 2.24) is 14.9 Å². The molecular formula is C27H36N4O4. The lowest BCUT2D eigenvalue weighted by Gasteiger charge is -2.49. The van der Waals surface area contributed by atoms with E-state index in [1.54, 1.807) is 19.5 Å². The first-order valence-corrected chi connectivity index (χ1v) is 12.7. The predicted octanol–water partition coefficient (Wildman–Crippen LogP) is 3.07. The number of benzene rings is 1. The van der Waals surface area contributed by atoms with Crippen molar-refractivity contribution in [2.45, 2.75) is 62.8 Å². The van der Waals surface area contributed by atoms with Crippen molar-refractivity contribution in [1.29, 1.82) is 0 Å². The summed E-state index contributed by atoms with van der Waals surface area (Å²) in [5.41, 5.74) is 1.54. The van der Waals surface area contributed by atoms with Crippen LogP contribution < -0.4 is 4.90 Å². The van der Waals surface area contributed by atoms with Gasteiger partial charge in [0.2, 0.25) is 5.95 Å². The van der Waals surface area contributed by atoms with Crippen molar-refractivity contribution < 1.29 is 19.4 Å². The van der Waals surface area contributed by atoms with Crippen molar-refractivity contribution in [3.63, 3.8) is 0 Å². The average Bonchev–Trinajstić information content (AvgIpc) is 3.32. The fourth-order valence-corrected chi connectivity index (χ4v) is 6.09. The molecule has 1 atom stereocenters. The summed E-state index contributed by atoms with van der Waals surface area (Å²) < 4.78 is 12.0. The number of rotatable bonds is 5. The number of amides is 1. The Morgan fingerprint density at radius 3 is 2.54 bits per heavy atom. The number of methoxy groups -OCH3 is 1. The summed E-state index contributed by atoms with van der Waals surface area (Å²) in [6.07, 6.45) is 8.63. The zero-order chi connectivity index (χ0) is 24.5. The van der Waals surface area contributed by atoms with Gasteiger partial charge in [0, 0.05) is 44.7 Å². The Labute approximate surface area is 207 Å². The monoisotopic (exact) mass is 480 g/mol.